The second-order valence-corrected chi connectivity index (χ2v) is 8.35. The fraction of sp³-hybridized carbons (Fsp3) is 0.320. The second-order valence-electron chi connectivity index (χ2n) is 7.32. The van der Waals surface area contributed by atoms with E-state index in [0.717, 1.165) is 42.1 Å². The van der Waals surface area contributed by atoms with Crippen molar-refractivity contribution in [3.05, 3.63) is 66.5 Å². The van der Waals surface area contributed by atoms with E-state index in [0.29, 0.717) is 0 Å². The van der Waals surface area contributed by atoms with Crippen LogP contribution in [0.5, 0.6) is 0 Å². The van der Waals surface area contributed by atoms with Crippen molar-refractivity contribution in [2.45, 2.75) is 40.0 Å². The number of rotatable bonds is 9. The summed E-state index contributed by atoms with van der Waals surface area (Å²) < 4.78 is 0. The summed E-state index contributed by atoms with van der Waals surface area (Å²) in [5.41, 5.74) is 7.22. The van der Waals surface area contributed by atoms with Crippen molar-refractivity contribution >= 4 is 22.7 Å². The third-order valence-electron chi connectivity index (χ3n) is 5.08. The smallest absolute Gasteiger partial charge is 0.123 e. The van der Waals surface area contributed by atoms with Crippen LogP contribution in [0.15, 0.2) is 60.9 Å². The van der Waals surface area contributed by atoms with Crippen LogP contribution in [0.3, 0.4) is 0 Å². The Balaban J connectivity index is 1.86. The number of nitrogens with one attached hydrogen (secondary N) is 1. The highest BCUT2D eigenvalue weighted by Gasteiger charge is 2.13. The summed E-state index contributed by atoms with van der Waals surface area (Å²) in [7, 11) is 1.93. The van der Waals surface area contributed by atoms with Crippen molar-refractivity contribution in [2.24, 2.45) is 0 Å². The maximum atomic E-state index is 4.67. The molecular formula is C25H31N3S. The van der Waals surface area contributed by atoms with E-state index in [1.165, 1.54) is 27.4 Å². The summed E-state index contributed by atoms with van der Waals surface area (Å²) in [5.74, 6) is 0. The number of aryl methyl sites for hydroxylation is 1. The minimum atomic E-state index is 1.00. The Morgan fingerprint density at radius 3 is 2.48 bits per heavy atom. The molecule has 29 heavy (non-hydrogen) atoms. The van der Waals surface area contributed by atoms with E-state index < -0.39 is 0 Å². The summed E-state index contributed by atoms with van der Waals surface area (Å²) in [6.45, 7) is 11.9. The minimum absolute atomic E-state index is 1.00. The Morgan fingerprint density at radius 1 is 1.10 bits per heavy atom. The predicted molar refractivity (Wildman–Crippen MR) is 129 cm³/mol. The maximum absolute atomic E-state index is 4.67. The van der Waals surface area contributed by atoms with Crippen molar-refractivity contribution in [1.29, 1.82) is 0 Å². The molecule has 0 amide bonds. The van der Waals surface area contributed by atoms with Crippen LogP contribution in [0.25, 0.3) is 21.0 Å². The van der Waals surface area contributed by atoms with Crippen LogP contribution in [-0.2, 0) is 0 Å². The van der Waals surface area contributed by atoms with E-state index in [2.05, 4.69) is 85.0 Å². The van der Waals surface area contributed by atoms with Gasteiger partial charge in [0.15, 0.2) is 0 Å². The molecule has 1 aromatic heterocycles. The van der Waals surface area contributed by atoms with Gasteiger partial charge >= 0.3 is 0 Å². The van der Waals surface area contributed by atoms with Crippen molar-refractivity contribution < 1.29 is 0 Å². The lowest BCUT2D eigenvalue weighted by molar-refractivity contribution is 0.786. The van der Waals surface area contributed by atoms with E-state index >= 15 is 0 Å². The molecule has 0 spiro atoms. The lowest BCUT2D eigenvalue weighted by Gasteiger charge is -2.27. The van der Waals surface area contributed by atoms with Gasteiger partial charge in [-0.2, -0.15) is 0 Å². The molecule has 2 aromatic carbocycles. The molecule has 3 aromatic rings. The molecule has 0 radical (unpaired) electrons. The SMILES string of the molecule is C=C(CCC)N(CCC)c1ccc(-c2cnc(-c3ccc(NC)cc3)s2)c(C)c1. The predicted octanol–water partition coefficient (Wildman–Crippen LogP) is 7.36. The van der Waals surface area contributed by atoms with Crippen LogP contribution in [0.4, 0.5) is 11.4 Å². The number of thiazole rings is 1. The molecule has 0 saturated heterocycles. The van der Waals surface area contributed by atoms with Gasteiger partial charge in [0.25, 0.3) is 0 Å². The molecule has 0 atom stereocenters. The van der Waals surface area contributed by atoms with Gasteiger partial charge in [0.1, 0.15) is 5.01 Å². The Labute approximate surface area is 179 Å². The summed E-state index contributed by atoms with van der Waals surface area (Å²) in [5, 5.41) is 4.21. The standard InChI is InChI=1S/C25H31N3S/c1-6-8-19(4)28(15-7-2)22-13-14-23(18(3)16-22)24-17-27-25(29-24)20-9-11-21(26-5)12-10-20/h9-14,16-17,26H,4,6-8,15H2,1-3,5H3. The lowest BCUT2D eigenvalue weighted by Crippen LogP contribution is -2.22. The molecule has 3 rings (SSSR count). The molecule has 1 N–H and O–H groups in total. The number of hydrogen-bond donors (Lipinski definition) is 1. The summed E-state index contributed by atoms with van der Waals surface area (Å²) in [4.78, 5) is 8.24. The van der Waals surface area contributed by atoms with Crippen molar-refractivity contribution in [3.63, 3.8) is 0 Å². The first-order chi connectivity index (χ1) is 14.1. The Bertz CT molecular complexity index is 956. The van der Waals surface area contributed by atoms with Gasteiger partial charge in [0, 0.05) is 42.4 Å². The fourth-order valence-electron chi connectivity index (χ4n) is 3.52. The van der Waals surface area contributed by atoms with Gasteiger partial charge in [0.2, 0.25) is 0 Å². The van der Waals surface area contributed by atoms with Gasteiger partial charge in [-0.25, -0.2) is 4.98 Å². The lowest BCUT2D eigenvalue weighted by atomic mass is 10.1. The highest BCUT2D eigenvalue weighted by Crippen LogP contribution is 2.36. The molecule has 0 fully saturated rings. The quantitative estimate of drug-likeness (QED) is 0.403. The molecule has 1 heterocycles. The molecule has 0 aliphatic carbocycles. The topological polar surface area (TPSA) is 28.2 Å². The number of anilines is 2. The van der Waals surface area contributed by atoms with E-state index in [1.807, 2.05) is 13.2 Å². The fourth-order valence-corrected chi connectivity index (χ4v) is 4.53. The number of nitrogens with zero attached hydrogens (tertiary/aromatic N) is 2. The van der Waals surface area contributed by atoms with Crippen LogP contribution >= 0.6 is 11.3 Å². The van der Waals surface area contributed by atoms with Crippen LogP contribution in [0.2, 0.25) is 0 Å². The molecule has 0 aliphatic rings. The van der Waals surface area contributed by atoms with E-state index in [9.17, 15) is 0 Å². The van der Waals surface area contributed by atoms with Crippen LogP contribution in [0, 0.1) is 6.92 Å². The van der Waals surface area contributed by atoms with Crippen molar-refractivity contribution in [3.8, 4) is 21.0 Å². The average Bonchev–Trinajstić information content (AvgIpc) is 3.22. The van der Waals surface area contributed by atoms with Gasteiger partial charge in [-0.3, -0.25) is 0 Å². The second kappa shape index (κ2) is 9.75. The van der Waals surface area contributed by atoms with Gasteiger partial charge in [-0.15, -0.1) is 11.3 Å². The number of aromatic nitrogens is 1. The zero-order chi connectivity index (χ0) is 20.8. The number of hydrogen-bond acceptors (Lipinski definition) is 4. The number of benzene rings is 2. The summed E-state index contributed by atoms with van der Waals surface area (Å²) in [6, 6.07) is 15.1. The molecular weight excluding hydrogens is 374 g/mol. The van der Waals surface area contributed by atoms with Crippen LogP contribution in [-0.4, -0.2) is 18.6 Å². The Hall–Kier alpha value is -2.59. The minimum Gasteiger partial charge on any atom is -0.388 e. The van der Waals surface area contributed by atoms with E-state index in [-0.39, 0.29) is 0 Å². The van der Waals surface area contributed by atoms with Crippen LogP contribution in [0.1, 0.15) is 38.7 Å². The molecule has 4 heteroatoms. The first kappa shape index (κ1) is 21.1. The Kier molecular flexibility index (Phi) is 7.10. The maximum Gasteiger partial charge on any atom is 0.123 e. The summed E-state index contributed by atoms with van der Waals surface area (Å²) in [6.07, 6.45) is 5.25. The van der Waals surface area contributed by atoms with Crippen molar-refractivity contribution in [2.75, 3.05) is 23.8 Å². The largest absolute Gasteiger partial charge is 0.388 e. The van der Waals surface area contributed by atoms with E-state index in [4.69, 9.17) is 0 Å². The first-order valence-corrected chi connectivity index (χ1v) is 11.2. The van der Waals surface area contributed by atoms with Gasteiger partial charge in [-0.1, -0.05) is 32.9 Å². The number of allylic oxidation sites excluding steroid dienone is 1. The normalized spacial score (nSPS) is 10.8. The van der Waals surface area contributed by atoms with Crippen LogP contribution < -0.4 is 10.2 Å². The van der Waals surface area contributed by atoms with Gasteiger partial charge < -0.3 is 10.2 Å². The zero-order valence-electron chi connectivity index (χ0n) is 18.0. The molecule has 152 valence electrons. The van der Waals surface area contributed by atoms with Crippen molar-refractivity contribution in [1.82, 2.24) is 4.98 Å². The molecule has 3 nitrogen and oxygen atoms in total. The van der Waals surface area contributed by atoms with Gasteiger partial charge in [-0.05, 0) is 67.3 Å². The zero-order valence-corrected chi connectivity index (χ0v) is 18.8. The third kappa shape index (κ3) is 4.88. The summed E-state index contributed by atoms with van der Waals surface area (Å²) >= 11 is 1.74. The Morgan fingerprint density at radius 2 is 1.86 bits per heavy atom. The van der Waals surface area contributed by atoms with E-state index in [1.54, 1.807) is 11.3 Å². The van der Waals surface area contributed by atoms with Gasteiger partial charge in [0.05, 0.1) is 4.88 Å². The monoisotopic (exact) mass is 405 g/mol. The molecule has 0 saturated carbocycles. The highest BCUT2D eigenvalue weighted by molar-refractivity contribution is 7.18. The average molecular weight is 406 g/mol. The first-order valence-electron chi connectivity index (χ1n) is 10.4. The highest BCUT2D eigenvalue weighted by atomic mass is 32.1. The molecule has 0 bridgehead atoms. The third-order valence-corrected chi connectivity index (χ3v) is 6.16. The molecule has 0 unspecified atom stereocenters. The molecule has 0 aliphatic heterocycles.